The Balaban J connectivity index is 1.55. The summed E-state index contributed by atoms with van der Waals surface area (Å²) < 4.78 is 4.72. The fourth-order valence-corrected chi connectivity index (χ4v) is 5.13. The van der Waals surface area contributed by atoms with E-state index < -0.39 is 12.1 Å². The molecule has 0 atom stereocenters. The van der Waals surface area contributed by atoms with E-state index in [1.165, 1.54) is 13.2 Å². The molecule has 0 heterocycles. The zero-order chi connectivity index (χ0) is 29.4. The largest absolute Gasteiger partial charge is 0.478 e. The summed E-state index contributed by atoms with van der Waals surface area (Å²) in [5.41, 5.74) is 5.74. The van der Waals surface area contributed by atoms with Crippen molar-refractivity contribution in [2.45, 2.75) is 38.3 Å². The second-order valence-electron chi connectivity index (χ2n) is 10.5. The molecular formula is C33H37N3O5. The number of carbonyl (C=O) groups excluding carboxylic acids is 2. The van der Waals surface area contributed by atoms with Crippen LogP contribution in [0.25, 0.3) is 17.2 Å². The number of carbonyl (C=O) groups is 3. The smallest absolute Gasteiger partial charge is 0.407 e. The second-order valence-corrected chi connectivity index (χ2v) is 10.5. The highest BCUT2D eigenvalue weighted by Gasteiger charge is 2.31. The molecular weight excluding hydrogens is 518 g/mol. The number of rotatable bonds is 9. The quantitative estimate of drug-likeness (QED) is 0.316. The van der Waals surface area contributed by atoms with Gasteiger partial charge in [-0.15, -0.1) is 0 Å². The Morgan fingerprint density at radius 2 is 1.54 bits per heavy atom. The van der Waals surface area contributed by atoms with Crippen molar-refractivity contribution in [3.63, 3.8) is 0 Å². The molecule has 1 aliphatic rings. The van der Waals surface area contributed by atoms with Gasteiger partial charge in [-0.2, -0.15) is 0 Å². The third-order valence-corrected chi connectivity index (χ3v) is 7.46. The first kappa shape index (κ1) is 29.4. The first-order chi connectivity index (χ1) is 19.7. The van der Waals surface area contributed by atoms with Gasteiger partial charge in [-0.25, -0.2) is 9.59 Å². The summed E-state index contributed by atoms with van der Waals surface area (Å²) in [7, 11) is 5.37. The SMILES string of the molecule is COC(=O)NC1CCC(C(=O)N(Cc2ccc(-c3ccc(N(C)C)cc3)cc2)c2cccc(/C=C/C(=O)O)c2)CC1. The van der Waals surface area contributed by atoms with Crippen molar-refractivity contribution < 1.29 is 24.2 Å². The number of alkyl carbamates (subject to hydrolysis) is 1. The van der Waals surface area contributed by atoms with E-state index in [-0.39, 0.29) is 17.9 Å². The number of anilines is 2. The predicted molar refractivity (Wildman–Crippen MR) is 162 cm³/mol. The Kier molecular flexibility index (Phi) is 9.79. The molecule has 2 amide bonds. The van der Waals surface area contributed by atoms with Crippen LogP contribution in [0, 0.1) is 5.92 Å². The van der Waals surface area contributed by atoms with Gasteiger partial charge in [-0.1, -0.05) is 48.5 Å². The van der Waals surface area contributed by atoms with Gasteiger partial charge < -0.3 is 25.0 Å². The molecule has 0 unspecified atom stereocenters. The summed E-state index contributed by atoms with van der Waals surface area (Å²) in [6.07, 6.45) is 4.86. The number of carboxylic acids is 1. The highest BCUT2D eigenvalue weighted by atomic mass is 16.5. The topological polar surface area (TPSA) is 99.2 Å². The van der Waals surface area contributed by atoms with Crippen molar-refractivity contribution in [3.05, 3.63) is 90.0 Å². The van der Waals surface area contributed by atoms with Crippen molar-refractivity contribution in [1.29, 1.82) is 0 Å². The molecule has 4 rings (SSSR count). The number of benzene rings is 3. The molecule has 3 aromatic rings. The van der Waals surface area contributed by atoms with Crippen LogP contribution in [0.1, 0.15) is 36.8 Å². The Morgan fingerprint density at radius 3 is 2.12 bits per heavy atom. The standard InChI is InChI=1S/C33H37N3O5/c1-35(2)29-18-14-26(15-19-29)25-10-7-24(8-11-25)22-36(30-6-4-5-23(21-30)9-20-31(37)38)32(39)27-12-16-28(17-13-27)34-33(40)41-3/h4-11,14-15,18-21,27-28H,12-13,16-17,22H2,1-3H3,(H,34,40)(H,37,38)/b20-9+. The molecule has 1 fully saturated rings. The van der Waals surface area contributed by atoms with Crippen LogP contribution >= 0.6 is 0 Å². The van der Waals surface area contributed by atoms with E-state index in [1.54, 1.807) is 4.90 Å². The fraction of sp³-hybridized carbons (Fsp3) is 0.303. The molecule has 2 N–H and O–H groups in total. The zero-order valence-corrected chi connectivity index (χ0v) is 23.7. The van der Waals surface area contributed by atoms with Gasteiger partial charge in [-0.05, 0) is 78.3 Å². The number of ether oxygens (including phenoxy) is 1. The van der Waals surface area contributed by atoms with Crippen LogP contribution < -0.4 is 15.1 Å². The van der Waals surface area contributed by atoms with Gasteiger partial charge in [0.05, 0.1) is 13.7 Å². The maximum absolute atomic E-state index is 13.9. The van der Waals surface area contributed by atoms with Crippen LogP contribution in [0.5, 0.6) is 0 Å². The highest BCUT2D eigenvalue weighted by Crippen LogP contribution is 2.30. The molecule has 41 heavy (non-hydrogen) atoms. The van der Waals surface area contributed by atoms with Crippen molar-refractivity contribution in [1.82, 2.24) is 5.32 Å². The number of amides is 2. The molecule has 0 aliphatic heterocycles. The maximum atomic E-state index is 13.9. The highest BCUT2D eigenvalue weighted by molar-refractivity contribution is 5.95. The van der Waals surface area contributed by atoms with E-state index >= 15 is 0 Å². The molecule has 8 nitrogen and oxygen atoms in total. The lowest BCUT2D eigenvalue weighted by Gasteiger charge is -2.32. The lowest BCUT2D eigenvalue weighted by Crippen LogP contribution is -2.42. The number of hydrogen-bond donors (Lipinski definition) is 2. The number of nitrogens with one attached hydrogen (secondary N) is 1. The zero-order valence-electron chi connectivity index (χ0n) is 23.7. The minimum absolute atomic E-state index is 0.0104. The van der Waals surface area contributed by atoms with Crippen LogP contribution in [-0.2, 0) is 20.9 Å². The molecule has 0 saturated heterocycles. The van der Waals surface area contributed by atoms with E-state index in [9.17, 15) is 14.4 Å². The van der Waals surface area contributed by atoms with Gasteiger partial charge in [0, 0.05) is 43.5 Å². The Bertz CT molecular complexity index is 1370. The van der Waals surface area contributed by atoms with Crippen LogP contribution in [0.3, 0.4) is 0 Å². The Hall–Kier alpha value is -4.59. The monoisotopic (exact) mass is 555 g/mol. The van der Waals surface area contributed by atoms with Gasteiger partial charge >= 0.3 is 12.1 Å². The number of aliphatic carboxylic acids is 1. The fourth-order valence-electron chi connectivity index (χ4n) is 5.13. The summed E-state index contributed by atoms with van der Waals surface area (Å²) in [6, 6.07) is 23.9. The summed E-state index contributed by atoms with van der Waals surface area (Å²) in [4.78, 5) is 40.5. The average molecular weight is 556 g/mol. The van der Waals surface area contributed by atoms with Crippen LogP contribution in [0.2, 0.25) is 0 Å². The normalized spacial score (nSPS) is 16.7. The van der Waals surface area contributed by atoms with Gasteiger partial charge in [-0.3, -0.25) is 4.79 Å². The van der Waals surface area contributed by atoms with Crippen molar-refractivity contribution in [2.24, 2.45) is 5.92 Å². The number of nitrogens with zero attached hydrogens (tertiary/aromatic N) is 2. The van der Waals surface area contributed by atoms with Crippen molar-refractivity contribution >= 4 is 35.4 Å². The molecule has 0 radical (unpaired) electrons. The van der Waals surface area contributed by atoms with Gasteiger partial charge in [0.25, 0.3) is 0 Å². The van der Waals surface area contributed by atoms with Gasteiger partial charge in [0.1, 0.15) is 0 Å². The minimum atomic E-state index is -1.03. The van der Waals surface area contributed by atoms with E-state index in [1.807, 2.05) is 50.5 Å². The van der Waals surface area contributed by atoms with Crippen LogP contribution in [0.15, 0.2) is 78.9 Å². The summed E-state index contributed by atoms with van der Waals surface area (Å²) in [5, 5.41) is 11.9. The number of carboxylic acid groups (broad SMARTS) is 1. The van der Waals surface area contributed by atoms with E-state index in [2.05, 4.69) is 46.6 Å². The third kappa shape index (κ3) is 7.97. The Morgan fingerprint density at radius 1 is 0.902 bits per heavy atom. The predicted octanol–water partition coefficient (Wildman–Crippen LogP) is 5.97. The van der Waals surface area contributed by atoms with E-state index in [4.69, 9.17) is 9.84 Å². The number of hydrogen-bond acceptors (Lipinski definition) is 5. The molecule has 0 aromatic heterocycles. The van der Waals surface area contributed by atoms with Crippen LogP contribution in [0.4, 0.5) is 16.2 Å². The molecule has 1 saturated carbocycles. The first-order valence-corrected chi connectivity index (χ1v) is 13.8. The summed E-state index contributed by atoms with van der Waals surface area (Å²) in [6.45, 7) is 0.380. The van der Waals surface area contributed by atoms with Crippen molar-refractivity contribution in [2.75, 3.05) is 31.0 Å². The molecule has 0 bridgehead atoms. The molecule has 0 spiro atoms. The summed E-state index contributed by atoms with van der Waals surface area (Å²) >= 11 is 0. The van der Waals surface area contributed by atoms with Crippen molar-refractivity contribution in [3.8, 4) is 11.1 Å². The van der Waals surface area contributed by atoms with Gasteiger partial charge in [0.15, 0.2) is 0 Å². The minimum Gasteiger partial charge on any atom is -0.478 e. The van der Waals surface area contributed by atoms with E-state index in [0.717, 1.165) is 28.5 Å². The lowest BCUT2D eigenvalue weighted by molar-refractivity contribution is -0.131. The lowest BCUT2D eigenvalue weighted by atomic mass is 9.85. The average Bonchev–Trinajstić information content (AvgIpc) is 2.99. The summed E-state index contributed by atoms with van der Waals surface area (Å²) in [5.74, 6) is -1.19. The third-order valence-electron chi connectivity index (χ3n) is 7.46. The van der Waals surface area contributed by atoms with E-state index in [0.29, 0.717) is 43.5 Å². The molecule has 1 aliphatic carbocycles. The van der Waals surface area contributed by atoms with Crippen LogP contribution in [-0.4, -0.2) is 50.3 Å². The number of methoxy groups -OCH3 is 1. The maximum Gasteiger partial charge on any atom is 0.407 e. The molecule has 8 heteroatoms. The Labute approximate surface area is 241 Å². The molecule has 3 aromatic carbocycles. The second kappa shape index (κ2) is 13.7. The van der Waals surface area contributed by atoms with Gasteiger partial charge in [0.2, 0.25) is 5.91 Å². The first-order valence-electron chi connectivity index (χ1n) is 13.8. The molecule has 214 valence electrons.